The molecule has 0 bridgehead atoms. The molecule has 0 spiro atoms. The zero-order valence-electron chi connectivity index (χ0n) is 8.64. The number of aliphatic hydroxyl groups is 1. The first kappa shape index (κ1) is 9.93. The summed E-state index contributed by atoms with van der Waals surface area (Å²) in [6.07, 6.45) is 2.06. The van der Waals surface area contributed by atoms with E-state index < -0.39 is 0 Å². The fourth-order valence-electron chi connectivity index (χ4n) is 1.64. The van der Waals surface area contributed by atoms with Crippen LogP contribution in [-0.4, -0.2) is 21.4 Å². The number of nitrogens with one attached hydrogen (secondary N) is 1. The molecule has 1 aromatic heterocycles. The van der Waals surface area contributed by atoms with E-state index in [1.54, 1.807) is 13.1 Å². The van der Waals surface area contributed by atoms with Gasteiger partial charge in [0.15, 0.2) is 0 Å². The van der Waals surface area contributed by atoms with Crippen molar-refractivity contribution in [3.63, 3.8) is 0 Å². The van der Waals surface area contributed by atoms with Gasteiger partial charge in [0.2, 0.25) is 0 Å². The molecule has 0 aliphatic heterocycles. The third kappa shape index (κ3) is 2.25. The molecule has 1 atom stereocenters. The summed E-state index contributed by atoms with van der Waals surface area (Å²) >= 11 is 0. The van der Waals surface area contributed by atoms with E-state index in [1.807, 2.05) is 30.3 Å². The summed E-state index contributed by atoms with van der Waals surface area (Å²) in [6.45, 7) is 1.78. The van der Waals surface area contributed by atoms with E-state index in [0.29, 0.717) is 6.42 Å². The number of benzene rings is 1. The second-order valence-corrected chi connectivity index (χ2v) is 3.69. The molecular weight excluding hydrogens is 188 g/mol. The average Bonchev–Trinajstić information content (AvgIpc) is 2.66. The zero-order valence-corrected chi connectivity index (χ0v) is 8.64. The van der Waals surface area contributed by atoms with Gasteiger partial charge in [-0.1, -0.05) is 30.3 Å². The Hall–Kier alpha value is -1.61. The smallest absolute Gasteiger partial charge is 0.0683 e. The number of hydrogen-bond donors (Lipinski definition) is 2. The highest BCUT2D eigenvalue weighted by atomic mass is 16.3. The first-order valence-electron chi connectivity index (χ1n) is 5.03. The van der Waals surface area contributed by atoms with Crippen LogP contribution in [0, 0.1) is 0 Å². The highest BCUT2D eigenvalue weighted by Crippen LogP contribution is 2.21. The molecule has 0 aliphatic carbocycles. The van der Waals surface area contributed by atoms with E-state index in [0.717, 1.165) is 16.8 Å². The van der Waals surface area contributed by atoms with Gasteiger partial charge in [-0.25, -0.2) is 0 Å². The van der Waals surface area contributed by atoms with Gasteiger partial charge in [0.25, 0.3) is 0 Å². The van der Waals surface area contributed by atoms with Crippen LogP contribution in [0.1, 0.15) is 12.5 Å². The summed E-state index contributed by atoms with van der Waals surface area (Å²) in [5.41, 5.74) is 3.15. The molecule has 1 aromatic carbocycles. The Bertz CT molecular complexity index is 420. The summed E-state index contributed by atoms with van der Waals surface area (Å²) in [7, 11) is 0. The molecule has 2 aromatic rings. The third-order valence-corrected chi connectivity index (χ3v) is 2.30. The lowest BCUT2D eigenvalue weighted by atomic mass is 10.0. The Balaban J connectivity index is 2.33. The Labute approximate surface area is 88.8 Å². The third-order valence-electron chi connectivity index (χ3n) is 2.30. The maximum atomic E-state index is 9.35. The number of aromatic amines is 1. The lowest BCUT2D eigenvalue weighted by Crippen LogP contribution is -2.04. The van der Waals surface area contributed by atoms with E-state index in [2.05, 4.69) is 10.2 Å². The van der Waals surface area contributed by atoms with Gasteiger partial charge >= 0.3 is 0 Å². The van der Waals surface area contributed by atoms with Crippen molar-refractivity contribution in [1.82, 2.24) is 10.2 Å². The van der Waals surface area contributed by atoms with Crippen molar-refractivity contribution in [3.8, 4) is 11.3 Å². The topological polar surface area (TPSA) is 48.9 Å². The second-order valence-electron chi connectivity index (χ2n) is 3.69. The Morgan fingerprint density at radius 3 is 2.73 bits per heavy atom. The van der Waals surface area contributed by atoms with Crippen molar-refractivity contribution < 1.29 is 5.11 Å². The van der Waals surface area contributed by atoms with Crippen LogP contribution >= 0.6 is 0 Å². The Morgan fingerprint density at radius 1 is 1.33 bits per heavy atom. The molecule has 0 radical (unpaired) electrons. The van der Waals surface area contributed by atoms with Crippen LogP contribution < -0.4 is 0 Å². The molecule has 1 heterocycles. The van der Waals surface area contributed by atoms with Gasteiger partial charge < -0.3 is 5.11 Å². The number of aromatic nitrogens is 2. The van der Waals surface area contributed by atoms with Crippen molar-refractivity contribution in [3.05, 3.63) is 42.1 Å². The maximum absolute atomic E-state index is 9.35. The van der Waals surface area contributed by atoms with Gasteiger partial charge in [-0.2, -0.15) is 5.10 Å². The fourth-order valence-corrected chi connectivity index (χ4v) is 1.64. The van der Waals surface area contributed by atoms with Gasteiger partial charge in [-0.15, -0.1) is 0 Å². The van der Waals surface area contributed by atoms with Crippen LogP contribution in [0.4, 0.5) is 0 Å². The van der Waals surface area contributed by atoms with Crippen LogP contribution in [0.2, 0.25) is 0 Å². The van der Waals surface area contributed by atoms with E-state index in [-0.39, 0.29) is 6.10 Å². The molecule has 0 amide bonds. The second kappa shape index (κ2) is 4.28. The van der Waals surface area contributed by atoms with Gasteiger partial charge in [-0.05, 0) is 12.5 Å². The van der Waals surface area contributed by atoms with Crippen LogP contribution in [-0.2, 0) is 6.42 Å². The molecule has 0 saturated heterocycles. The van der Waals surface area contributed by atoms with Crippen molar-refractivity contribution >= 4 is 0 Å². The molecule has 3 nitrogen and oxygen atoms in total. The number of H-pyrrole nitrogens is 1. The van der Waals surface area contributed by atoms with Gasteiger partial charge in [0.1, 0.15) is 0 Å². The molecule has 0 fully saturated rings. The monoisotopic (exact) mass is 202 g/mol. The molecule has 3 heteroatoms. The summed E-state index contributed by atoms with van der Waals surface area (Å²) < 4.78 is 0. The summed E-state index contributed by atoms with van der Waals surface area (Å²) in [6, 6.07) is 10.0. The first-order valence-corrected chi connectivity index (χ1v) is 5.03. The molecule has 0 saturated carbocycles. The van der Waals surface area contributed by atoms with E-state index in [4.69, 9.17) is 0 Å². The van der Waals surface area contributed by atoms with Crippen LogP contribution in [0.15, 0.2) is 36.5 Å². The SMILES string of the molecule is CC(O)Cc1cn[nH]c1-c1ccccc1. The van der Waals surface area contributed by atoms with Crippen LogP contribution in [0.25, 0.3) is 11.3 Å². The molecule has 1 unspecified atom stereocenters. The van der Waals surface area contributed by atoms with Gasteiger partial charge in [-0.3, -0.25) is 5.10 Å². The predicted octanol–water partition coefficient (Wildman–Crippen LogP) is 2.00. The van der Waals surface area contributed by atoms with Crippen LogP contribution in [0.3, 0.4) is 0 Å². The average molecular weight is 202 g/mol. The largest absolute Gasteiger partial charge is 0.393 e. The van der Waals surface area contributed by atoms with Gasteiger partial charge in [0, 0.05) is 12.0 Å². The van der Waals surface area contributed by atoms with Gasteiger partial charge in [0.05, 0.1) is 18.0 Å². The summed E-state index contributed by atoms with van der Waals surface area (Å²) in [5, 5.41) is 16.3. The molecule has 2 N–H and O–H groups in total. The summed E-state index contributed by atoms with van der Waals surface area (Å²) in [5.74, 6) is 0. The first-order chi connectivity index (χ1) is 7.27. The maximum Gasteiger partial charge on any atom is 0.0683 e. The highest BCUT2D eigenvalue weighted by Gasteiger charge is 2.08. The molecule has 0 aliphatic rings. The molecule has 15 heavy (non-hydrogen) atoms. The predicted molar refractivity (Wildman–Crippen MR) is 59.4 cm³/mol. The normalized spacial score (nSPS) is 12.7. The minimum atomic E-state index is -0.343. The standard InChI is InChI=1S/C12H14N2O/c1-9(15)7-11-8-13-14-12(11)10-5-3-2-4-6-10/h2-6,8-9,15H,7H2,1H3,(H,13,14). The lowest BCUT2D eigenvalue weighted by Gasteiger charge is -2.04. The minimum Gasteiger partial charge on any atom is -0.393 e. The Kier molecular flexibility index (Phi) is 2.83. The van der Waals surface area contributed by atoms with Crippen molar-refractivity contribution in [2.45, 2.75) is 19.4 Å². The number of hydrogen-bond acceptors (Lipinski definition) is 2. The number of nitrogens with zero attached hydrogens (tertiary/aromatic N) is 1. The van der Waals surface area contributed by atoms with E-state index >= 15 is 0 Å². The molecule has 78 valence electrons. The van der Waals surface area contributed by atoms with Crippen molar-refractivity contribution in [2.75, 3.05) is 0 Å². The molecular formula is C12H14N2O. The summed E-state index contributed by atoms with van der Waals surface area (Å²) in [4.78, 5) is 0. The van der Waals surface area contributed by atoms with E-state index in [1.165, 1.54) is 0 Å². The van der Waals surface area contributed by atoms with E-state index in [9.17, 15) is 5.11 Å². The molecule has 2 rings (SSSR count). The van der Waals surface area contributed by atoms with Crippen molar-refractivity contribution in [1.29, 1.82) is 0 Å². The van der Waals surface area contributed by atoms with Crippen LogP contribution in [0.5, 0.6) is 0 Å². The highest BCUT2D eigenvalue weighted by molar-refractivity contribution is 5.62. The fraction of sp³-hybridized carbons (Fsp3) is 0.250. The quantitative estimate of drug-likeness (QED) is 0.799. The Morgan fingerprint density at radius 2 is 2.07 bits per heavy atom. The number of rotatable bonds is 3. The minimum absolute atomic E-state index is 0.343. The zero-order chi connectivity index (χ0) is 10.7. The number of aliphatic hydroxyl groups excluding tert-OH is 1. The lowest BCUT2D eigenvalue weighted by molar-refractivity contribution is 0.195. The van der Waals surface area contributed by atoms with Crippen molar-refractivity contribution in [2.24, 2.45) is 0 Å².